The van der Waals surface area contributed by atoms with Gasteiger partial charge in [-0.1, -0.05) is 40.2 Å². The van der Waals surface area contributed by atoms with Gasteiger partial charge in [-0.15, -0.1) is 13.2 Å². The summed E-state index contributed by atoms with van der Waals surface area (Å²) < 4.78 is 42.2. The summed E-state index contributed by atoms with van der Waals surface area (Å²) >= 11 is 3.65. The summed E-state index contributed by atoms with van der Waals surface area (Å²) in [6, 6.07) is 12.3. The molecule has 1 atom stereocenters. The van der Waals surface area contributed by atoms with Crippen LogP contribution in [0, 0.1) is 6.92 Å². The number of ether oxygens (including phenoxy) is 1. The van der Waals surface area contributed by atoms with Crippen LogP contribution in [0.15, 0.2) is 46.9 Å². The van der Waals surface area contributed by atoms with Crippen LogP contribution < -0.4 is 10.1 Å². The van der Waals surface area contributed by atoms with Crippen molar-refractivity contribution in [3.63, 3.8) is 0 Å². The van der Waals surface area contributed by atoms with Gasteiger partial charge < -0.3 is 10.1 Å². The van der Waals surface area contributed by atoms with Crippen LogP contribution in [0.2, 0.25) is 0 Å². The predicted molar refractivity (Wildman–Crippen MR) is 98.3 cm³/mol. The zero-order chi connectivity index (χ0) is 18.7. The zero-order valence-corrected chi connectivity index (χ0v) is 15.9. The van der Waals surface area contributed by atoms with Gasteiger partial charge in [0.25, 0.3) is 0 Å². The van der Waals surface area contributed by atoms with Crippen LogP contribution in [0.3, 0.4) is 0 Å². The Kier molecular flexibility index (Phi) is 5.89. The molecular weight excluding hydrogens is 409 g/mol. The average molecular weight is 429 g/mol. The monoisotopic (exact) mass is 428 g/mol. The molecule has 1 aliphatic heterocycles. The van der Waals surface area contributed by atoms with Crippen LogP contribution in [0.1, 0.15) is 22.7 Å². The molecule has 1 aliphatic rings. The topological polar surface area (TPSA) is 24.5 Å². The van der Waals surface area contributed by atoms with E-state index in [1.54, 1.807) is 12.1 Å². The molecule has 26 heavy (non-hydrogen) atoms. The van der Waals surface area contributed by atoms with Crippen molar-refractivity contribution in [2.24, 2.45) is 0 Å². The van der Waals surface area contributed by atoms with Crippen LogP contribution in [-0.4, -0.2) is 37.4 Å². The maximum atomic E-state index is 12.4. The number of hydrogen-bond donors (Lipinski definition) is 1. The van der Waals surface area contributed by atoms with Gasteiger partial charge in [-0.3, -0.25) is 4.90 Å². The van der Waals surface area contributed by atoms with Crippen LogP contribution in [0.5, 0.6) is 5.75 Å². The second-order valence-corrected chi connectivity index (χ2v) is 7.18. The van der Waals surface area contributed by atoms with Crippen molar-refractivity contribution in [3.8, 4) is 5.75 Å². The first kappa shape index (κ1) is 19.2. The summed E-state index contributed by atoms with van der Waals surface area (Å²) in [5.41, 5.74) is 3.18. The molecule has 1 saturated heterocycles. The lowest BCUT2D eigenvalue weighted by atomic mass is 9.95. The summed E-state index contributed by atoms with van der Waals surface area (Å²) in [5, 5.41) is 3.33. The molecule has 0 unspecified atom stereocenters. The minimum Gasteiger partial charge on any atom is -0.406 e. The first-order valence-electron chi connectivity index (χ1n) is 8.40. The van der Waals surface area contributed by atoms with E-state index in [0.717, 1.165) is 47.3 Å². The molecule has 1 heterocycles. The fourth-order valence-corrected chi connectivity index (χ4v) is 3.94. The number of piperazine rings is 1. The van der Waals surface area contributed by atoms with Crippen molar-refractivity contribution in [2.45, 2.75) is 19.3 Å². The van der Waals surface area contributed by atoms with Crippen molar-refractivity contribution in [3.05, 3.63) is 63.6 Å². The number of halogens is 4. The largest absolute Gasteiger partial charge is 0.573 e. The number of nitrogens with one attached hydrogen (secondary N) is 1. The van der Waals surface area contributed by atoms with Gasteiger partial charge in [-0.25, -0.2) is 0 Å². The molecule has 3 nitrogen and oxygen atoms in total. The van der Waals surface area contributed by atoms with E-state index >= 15 is 0 Å². The van der Waals surface area contributed by atoms with Gasteiger partial charge in [-0.05, 0) is 41.8 Å². The lowest BCUT2D eigenvalue weighted by Gasteiger charge is -2.36. The van der Waals surface area contributed by atoms with Crippen molar-refractivity contribution in [2.75, 3.05) is 26.2 Å². The van der Waals surface area contributed by atoms with Crippen LogP contribution in [-0.2, 0) is 0 Å². The Morgan fingerprint density at radius 3 is 2.31 bits per heavy atom. The van der Waals surface area contributed by atoms with Gasteiger partial charge >= 0.3 is 6.36 Å². The molecule has 140 valence electrons. The Morgan fingerprint density at radius 2 is 1.73 bits per heavy atom. The molecule has 0 aromatic heterocycles. The fraction of sp³-hybridized carbons (Fsp3) is 0.368. The summed E-state index contributed by atoms with van der Waals surface area (Å²) in [4.78, 5) is 2.34. The molecule has 0 spiro atoms. The molecule has 1 fully saturated rings. The van der Waals surface area contributed by atoms with Crippen molar-refractivity contribution in [1.82, 2.24) is 10.2 Å². The highest BCUT2D eigenvalue weighted by molar-refractivity contribution is 9.10. The number of benzene rings is 2. The molecular formula is C19H20BrF3N2O. The third kappa shape index (κ3) is 4.78. The minimum absolute atomic E-state index is 0.0352. The molecule has 0 aliphatic carbocycles. The standard InChI is InChI=1S/C19H20BrF3N2O/c1-13-2-7-16(17(20)12-13)18(25-10-8-24-9-11-25)14-3-5-15(6-4-14)26-19(21,22)23/h2-7,12,18,24H,8-11H2,1H3/t18-/m0/s1. The van der Waals surface area contributed by atoms with Crippen LogP contribution in [0.25, 0.3) is 0 Å². The van der Waals surface area contributed by atoms with Crippen LogP contribution >= 0.6 is 15.9 Å². The molecule has 7 heteroatoms. The highest BCUT2D eigenvalue weighted by Crippen LogP contribution is 2.35. The third-order valence-corrected chi connectivity index (χ3v) is 5.08. The predicted octanol–water partition coefficient (Wildman–Crippen LogP) is 4.65. The van der Waals surface area contributed by atoms with Gasteiger partial charge in [0.15, 0.2) is 0 Å². The summed E-state index contributed by atoms with van der Waals surface area (Å²) in [5.74, 6) is -0.205. The quantitative estimate of drug-likeness (QED) is 0.766. The number of aryl methyl sites for hydroxylation is 1. The lowest BCUT2D eigenvalue weighted by molar-refractivity contribution is -0.274. The first-order chi connectivity index (χ1) is 12.3. The molecule has 3 rings (SSSR count). The Bertz CT molecular complexity index is 743. The van der Waals surface area contributed by atoms with E-state index in [2.05, 4.69) is 49.1 Å². The van der Waals surface area contributed by atoms with E-state index in [9.17, 15) is 13.2 Å². The van der Waals surface area contributed by atoms with E-state index in [0.29, 0.717) is 0 Å². The molecule has 0 amide bonds. The Morgan fingerprint density at radius 1 is 1.08 bits per heavy atom. The second-order valence-electron chi connectivity index (χ2n) is 6.33. The van der Waals surface area contributed by atoms with Gasteiger partial charge in [-0.2, -0.15) is 0 Å². The maximum absolute atomic E-state index is 12.4. The maximum Gasteiger partial charge on any atom is 0.573 e. The molecule has 2 aromatic rings. The average Bonchev–Trinajstić information content (AvgIpc) is 2.58. The number of rotatable bonds is 4. The highest BCUT2D eigenvalue weighted by Gasteiger charge is 2.31. The smallest absolute Gasteiger partial charge is 0.406 e. The molecule has 0 radical (unpaired) electrons. The lowest BCUT2D eigenvalue weighted by Crippen LogP contribution is -2.45. The molecule has 2 aromatic carbocycles. The number of nitrogens with zero attached hydrogens (tertiary/aromatic N) is 1. The summed E-state index contributed by atoms with van der Waals surface area (Å²) in [6.45, 7) is 5.53. The van der Waals surface area contributed by atoms with E-state index in [-0.39, 0.29) is 11.8 Å². The van der Waals surface area contributed by atoms with Gasteiger partial charge in [0.1, 0.15) is 5.75 Å². The van der Waals surface area contributed by atoms with Crippen molar-refractivity contribution >= 4 is 15.9 Å². The van der Waals surface area contributed by atoms with E-state index in [4.69, 9.17) is 0 Å². The molecule has 0 bridgehead atoms. The second kappa shape index (κ2) is 7.98. The van der Waals surface area contributed by atoms with Crippen LogP contribution in [0.4, 0.5) is 13.2 Å². The van der Waals surface area contributed by atoms with Crippen molar-refractivity contribution in [1.29, 1.82) is 0 Å². The van der Waals surface area contributed by atoms with Crippen molar-refractivity contribution < 1.29 is 17.9 Å². The molecule has 1 N–H and O–H groups in total. The summed E-state index contributed by atoms with van der Waals surface area (Å²) in [6.07, 6.45) is -4.68. The minimum atomic E-state index is -4.68. The Labute approximate surface area is 159 Å². The number of alkyl halides is 3. The SMILES string of the molecule is Cc1ccc([C@H](c2ccc(OC(F)(F)F)cc2)N2CCNCC2)c(Br)c1. The normalized spacial score (nSPS) is 17.1. The van der Waals surface area contributed by atoms with E-state index < -0.39 is 6.36 Å². The van der Waals surface area contributed by atoms with E-state index in [1.807, 2.05) is 6.92 Å². The van der Waals surface area contributed by atoms with Gasteiger partial charge in [0.05, 0.1) is 6.04 Å². The Balaban J connectivity index is 1.95. The first-order valence-corrected chi connectivity index (χ1v) is 9.19. The third-order valence-electron chi connectivity index (χ3n) is 4.40. The van der Waals surface area contributed by atoms with Gasteiger partial charge in [0.2, 0.25) is 0 Å². The van der Waals surface area contributed by atoms with E-state index in [1.165, 1.54) is 12.1 Å². The molecule has 0 saturated carbocycles. The number of hydrogen-bond acceptors (Lipinski definition) is 3. The van der Waals surface area contributed by atoms with Gasteiger partial charge in [0, 0.05) is 30.7 Å². The summed E-state index contributed by atoms with van der Waals surface area (Å²) in [7, 11) is 0. The zero-order valence-electron chi connectivity index (χ0n) is 14.3. The Hall–Kier alpha value is -1.57. The fourth-order valence-electron chi connectivity index (χ4n) is 3.23. The highest BCUT2D eigenvalue weighted by atomic mass is 79.9.